The molecule has 1 aliphatic carbocycles. The van der Waals surface area contributed by atoms with Gasteiger partial charge in [-0.3, -0.25) is 14.7 Å². The number of hydrogen-bond donors (Lipinski definition) is 2. The summed E-state index contributed by atoms with van der Waals surface area (Å²) in [6, 6.07) is 3.04. The summed E-state index contributed by atoms with van der Waals surface area (Å²) in [5, 5.41) is 20.8. The lowest BCUT2D eigenvalue weighted by Gasteiger charge is -2.05. The fraction of sp³-hybridized carbons (Fsp3) is 0.364. The van der Waals surface area contributed by atoms with Crippen molar-refractivity contribution in [3.8, 4) is 0 Å². The summed E-state index contributed by atoms with van der Waals surface area (Å²) in [7, 11) is 1.68. The van der Waals surface area contributed by atoms with E-state index in [2.05, 4.69) is 20.5 Å². The number of nitro groups is 1. The Morgan fingerprint density at radius 1 is 1.52 bits per heavy atom. The van der Waals surface area contributed by atoms with Gasteiger partial charge in [-0.2, -0.15) is 0 Å². The van der Waals surface area contributed by atoms with Crippen molar-refractivity contribution >= 4 is 23.3 Å². The lowest BCUT2D eigenvalue weighted by molar-refractivity contribution is -0.388. The van der Waals surface area contributed by atoms with E-state index in [0.717, 1.165) is 24.6 Å². The molecule has 0 bridgehead atoms. The number of aromatic nitrogens is 4. The Hall–Kier alpha value is -2.36. The smallest absolute Gasteiger partial charge is 0.344 e. The summed E-state index contributed by atoms with van der Waals surface area (Å²) in [6.07, 6.45) is 1.83. The van der Waals surface area contributed by atoms with E-state index in [1.165, 1.54) is 16.7 Å². The van der Waals surface area contributed by atoms with E-state index >= 15 is 0 Å². The maximum atomic E-state index is 11.7. The minimum absolute atomic E-state index is 0.114. The van der Waals surface area contributed by atoms with Gasteiger partial charge in [0.2, 0.25) is 0 Å². The molecular formula is C11H12N6O3S. The Labute approximate surface area is 122 Å². The van der Waals surface area contributed by atoms with E-state index in [1.807, 2.05) is 0 Å². The van der Waals surface area contributed by atoms with Crippen LogP contribution in [0.1, 0.15) is 18.9 Å². The fourth-order valence-corrected chi connectivity index (χ4v) is 2.88. The Morgan fingerprint density at radius 2 is 2.29 bits per heavy atom. The van der Waals surface area contributed by atoms with Crippen LogP contribution in [0.3, 0.4) is 0 Å². The highest BCUT2D eigenvalue weighted by molar-refractivity contribution is 7.99. The maximum Gasteiger partial charge on any atom is 0.344 e. The van der Waals surface area contributed by atoms with Crippen LogP contribution in [-0.4, -0.2) is 31.7 Å². The highest BCUT2D eigenvalue weighted by Crippen LogP contribution is 2.39. The van der Waals surface area contributed by atoms with Crippen LogP contribution >= 0.6 is 11.8 Å². The number of anilines is 1. The van der Waals surface area contributed by atoms with E-state index in [1.54, 1.807) is 7.05 Å². The second-order valence-corrected chi connectivity index (χ2v) is 5.50. The molecule has 0 atom stereocenters. The van der Waals surface area contributed by atoms with Crippen LogP contribution < -0.4 is 11.0 Å². The van der Waals surface area contributed by atoms with Crippen LogP contribution in [0.4, 0.5) is 11.5 Å². The number of H-pyrrole nitrogens is 1. The molecule has 21 heavy (non-hydrogen) atoms. The summed E-state index contributed by atoms with van der Waals surface area (Å²) in [5.41, 5.74) is -0.413. The standard InChI is InChI=1S/C11H12N6O3S/c1-12-8-5-4-7(17(19)20)9(13-8)21-11-15-14-10(18)16(11)6-2-3-6/h4-6H,2-3H2,1H3,(H,12,13)(H,14,18). The molecule has 0 aromatic carbocycles. The molecule has 2 heterocycles. The Morgan fingerprint density at radius 3 is 2.90 bits per heavy atom. The highest BCUT2D eigenvalue weighted by atomic mass is 32.2. The molecule has 1 fully saturated rings. The Balaban J connectivity index is 2.01. The highest BCUT2D eigenvalue weighted by Gasteiger charge is 2.30. The number of nitrogens with zero attached hydrogens (tertiary/aromatic N) is 4. The topological polar surface area (TPSA) is 119 Å². The van der Waals surface area contributed by atoms with Crippen LogP contribution in [0, 0.1) is 10.1 Å². The predicted molar refractivity (Wildman–Crippen MR) is 75.7 cm³/mol. The van der Waals surface area contributed by atoms with Crippen LogP contribution in [0.5, 0.6) is 0 Å². The third-order valence-corrected chi connectivity index (χ3v) is 4.03. The summed E-state index contributed by atoms with van der Waals surface area (Å²) in [4.78, 5) is 26.5. The number of rotatable bonds is 5. The van der Waals surface area contributed by atoms with E-state index in [0.29, 0.717) is 11.0 Å². The molecule has 0 unspecified atom stereocenters. The molecule has 10 heteroatoms. The molecule has 2 N–H and O–H groups in total. The largest absolute Gasteiger partial charge is 0.373 e. The molecule has 1 aliphatic rings. The van der Waals surface area contributed by atoms with Gasteiger partial charge in [0.15, 0.2) is 10.2 Å². The summed E-state index contributed by atoms with van der Waals surface area (Å²) >= 11 is 1.02. The van der Waals surface area contributed by atoms with Gasteiger partial charge < -0.3 is 5.32 Å². The van der Waals surface area contributed by atoms with Gasteiger partial charge in [0.1, 0.15) is 5.82 Å². The Bertz CT molecular complexity index is 751. The molecule has 0 saturated heterocycles. The zero-order valence-electron chi connectivity index (χ0n) is 11.1. The monoisotopic (exact) mass is 308 g/mol. The van der Waals surface area contributed by atoms with Crippen molar-refractivity contribution in [3.63, 3.8) is 0 Å². The van der Waals surface area contributed by atoms with Gasteiger partial charge in [0.25, 0.3) is 0 Å². The fourth-order valence-electron chi connectivity index (χ4n) is 1.89. The molecule has 0 aliphatic heterocycles. The summed E-state index contributed by atoms with van der Waals surface area (Å²) in [5.74, 6) is 0.513. The second-order valence-electron chi connectivity index (χ2n) is 4.54. The van der Waals surface area contributed by atoms with Crippen LogP contribution in [0.25, 0.3) is 0 Å². The molecule has 110 valence electrons. The summed E-state index contributed by atoms with van der Waals surface area (Å²) in [6.45, 7) is 0. The van der Waals surface area contributed by atoms with Crippen molar-refractivity contribution in [1.29, 1.82) is 0 Å². The maximum absolute atomic E-state index is 11.7. The SMILES string of the molecule is CNc1ccc([N+](=O)[O-])c(Sc2n[nH]c(=O)n2C2CC2)n1. The molecule has 0 spiro atoms. The van der Waals surface area contributed by atoms with Crippen molar-refractivity contribution in [2.24, 2.45) is 0 Å². The first-order valence-corrected chi connectivity index (χ1v) is 7.09. The van der Waals surface area contributed by atoms with Crippen LogP contribution in [-0.2, 0) is 0 Å². The van der Waals surface area contributed by atoms with Crippen molar-refractivity contribution in [2.75, 3.05) is 12.4 Å². The first-order chi connectivity index (χ1) is 10.1. The molecule has 0 amide bonds. The number of aromatic amines is 1. The Kier molecular flexibility index (Phi) is 3.37. The van der Waals surface area contributed by atoms with Gasteiger partial charge >= 0.3 is 11.4 Å². The third-order valence-electron chi connectivity index (χ3n) is 3.07. The second kappa shape index (κ2) is 5.20. The lowest BCUT2D eigenvalue weighted by Crippen LogP contribution is -2.16. The van der Waals surface area contributed by atoms with Gasteiger partial charge in [-0.1, -0.05) is 0 Å². The third kappa shape index (κ3) is 2.61. The average Bonchev–Trinajstić information content (AvgIpc) is 3.23. The normalized spacial score (nSPS) is 14.1. The van der Waals surface area contributed by atoms with E-state index in [4.69, 9.17) is 0 Å². The number of pyridine rings is 1. The molecule has 2 aromatic heterocycles. The van der Waals surface area contributed by atoms with E-state index in [-0.39, 0.29) is 22.4 Å². The first kappa shape index (κ1) is 13.6. The minimum Gasteiger partial charge on any atom is -0.373 e. The van der Waals surface area contributed by atoms with Crippen molar-refractivity contribution in [3.05, 3.63) is 32.7 Å². The lowest BCUT2D eigenvalue weighted by atomic mass is 10.4. The quantitative estimate of drug-likeness (QED) is 0.633. The van der Waals surface area contributed by atoms with Gasteiger partial charge in [-0.25, -0.2) is 14.9 Å². The molecule has 3 rings (SSSR count). The van der Waals surface area contributed by atoms with Gasteiger partial charge in [-0.05, 0) is 30.7 Å². The number of nitrogens with one attached hydrogen (secondary N) is 2. The first-order valence-electron chi connectivity index (χ1n) is 6.28. The molecule has 2 aromatic rings. The van der Waals surface area contributed by atoms with E-state index < -0.39 is 4.92 Å². The van der Waals surface area contributed by atoms with Gasteiger partial charge in [-0.15, -0.1) is 5.10 Å². The zero-order chi connectivity index (χ0) is 15.0. The van der Waals surface area contributed by atoms with Crippen molar-refractivity contribution in [2.45, 2.75) is 29.1 Å². The molecule has 9 nitrogen and oxygen atoms in total. The molecule has 1 saturated carbocycles. The van der Waals surface area contributed by atoms with Crippen LogP contribution in [0.2, 0.25) is 0 Å². The average molecular weight is 308 g/mol. The minimum atomic E-state index is -0.499. The van der Waals surface area contributed by atoms with Gasteiger partial charge in [0, 0.05) is 19.2 Å². The van der Waals surface area contributed by atoms with Crippen molar-refractivity contribution < 1.29 is 4.92 Å². The van der Waals surface area contributed by atoms with Crippen LogP contribution in [0.15, 0.2) is 27.1 Å². The molecular weight excluding hydrogens is 296 g/mol. The molecule has 0 radical (unpaired) electrons. The number of hydrogen-bond acceptors (Lipinski definition) is 7. The summed E-state index contributed by atoms with van der Waals surface area (Å²) < 4.78 is 1.53. The van der Waals surface area contributed by atoms with Gasteiger partial charge in [0.05, 0.1) is 4.92 Å². The van der Waals surface area contributed by atoms with Crippen molar-refractivity contribution in [1.82, 2.24) is 19.7 Å². The van der Waals surface area contributed by atoms with E-state index in [9.17, 15) is 14.9 Å². The predicted octanol–water partition coefficient (Wildman–Crippen LogP) is 1.40. The zero-order valence-corrected chi connectivity index (χ0v) is 11.9.